The van der Waals surface area contributed by atoms with Crippen LogP contribution in [0.4, 0.5) is 10.2 Å². The van der Waals surface area contributed by atoms with Gasteiger partial charge in [-0.1, -0.05) is 38.1 Å². The van der Waals surface area contributed by atoms with Crippen molar-refractivity contribution in [2.45, 2.75) is 64.5 Å². The fourth-order valence-electron chi connectivity index (χ4n) is 4.98. The second-order valence-electron chi connectivity index (χ2n) is 10.6. The van der Waals surface area contributed by atoms with Gasteiger partial charge in [-0.2, -0.15) is 0 Å². The highest BCUT2D eigenvalue weighted by Crippen LogP contribution is 2.24. The first-order valence-corrected chi connectivity index (χ1v) is 13.6. The summed E-state index contributed by atoms with van der Waals surface area (Å²) in [7, 11) is 0. The molecular weight excluding hydrogens is 497 g/mol. The number of anilines is 1. The lowest BCUT2D eigenvalue weighted by Crippen LogP contribution is -2.41. The van der Waals surface area contributed by atoms with Crippen LogP contribution in [0.5, 0.6) is 0 Å². The Bertz CT molecular complexity index is 1360. The molecule has 206 valence electrons. The van der Waals surface area contributed by atoms with E-state index in [9.17, 15) is 18.8 Å². The normalized spacial score (nSPS) is 14.5. The molecule has 0 spiro atoms. The maximum Gasteiger partial charge on any atom is 0.323 e. The topological polar surface area (TPSA) is 114 Å². The van der Waals surface area contributed by atoms with Gasteiger partial charge in [0.25, 0.3) is 5.56 Å². The number of aromatic nitrogens is 1. The fraction of sp³-hybridized carbons (Fsp3) is 0.387. The van der Waals surface area contributed by atoms with Crippen molar-refractivity contribution in [2.75, 3.05) is 12.3 Å². The summed E-state index contributed by atoms with van der Waals surface area (Å²) in [6.45, 7) is 4.73. The molecule has 2 aromatic carbocycles. The smallest absolute Gasteiger partial charge is 0.323 e. The van der Waals surface area contributed by atoms with Gasteiger partial charge >= 0.3 is 5.97 Å². The highest BCUT2D eigenvalue weighted by molar-refractivity contribution is 6.12. The van der Waals surface area contributed by atoms with Gasteiger partial charge in [0.1, 0.15) is 23.8 Å². The molecule has 0 bridgehead atoms. The number of benzene rings is 2. The number of rotatable bonds is 11. The zero-order chi connectivity index (χ0) is 27.9. The van der Waals surface area contributed by atoms with Crippen molar-refractivity contribution in [1.82, 2.24) is 10.3 Å². The summed E-state index contributed by atoms with van der Waals surface area (Å²) in [4.78, 5) is 41.2. The molecule has 1 aliphatic rings. The van der Waals surface area contributed by atoms with E-state index in [0.717, 1.165) is 31.2 Å². The number of hydrogen-bond acceptors (Lipinski definition) is 6. The number of halogens is 1. The second-order valence-corrected chi connectivity index (χ2v) is 10.6. The van der Waals surface area contributed by atoms with E-state index in [1.165, 1.54) is 30.3 Å². The summed E-state index contributed by atoms with van der Waals surface area (Å²) in [6, 6.07) is 13.8. The van der Waals surface area contributed by atoms with Crippen LogP contribution in [0, 0.1) is 11.7 Å². The number of nitrogens with two attached hydrogens (primary N) is 1. The predicted octanol–water partition coefficient (Wildman–Crippen LogP) is 5.03. The van der Waals surface area contributed by atoms with Crippen LogP contribution in [0.25, 0.3) is 11.1 Å². The van der Waals surface area contributed by atoms with E-state index < -0.39 is 17.2 Å². The fourth-order valence-corrected chi connectivity index (χ4v) is 4.98. The standard InChI is InChI=1S/C31H36FN3O4/c1-19(2)16-27(31(38)39-24-8-3-4-9-24)34-15-14-20-6-5-7-22(17-20)25-18-26(29(33)35-30(25)37)28(36)21-10-12-23(32)13-11-21/h5-7,10-13,17-19,24,27,34H,3-4,8-9,14-16H2,1-2H3,(H3,33,35,37)/t27-/m0/s1. The highest BCUT2D eigenvalue weighted by atomic mass is 19.1. The van der Waals surface area contributed by atoms with Crippen molar-refractivity contribution in [3.8, 4) is 11.1 Å². The molecule has 0 aliphatic heterocycles. The molecule has 7 nitrogen and oxygen atoms in total. The number of carbonyl (C=O) groups excluding carboxylic acids is 2. The number of hydrogen-bond donors (Lipinski definition) is 3. The first-order valence-electron chi connectivity index (χ1n) is 13.6. The van der Waals surface area contributed by atoms with Crippen LogP contribution in [0.2, 0.25) is 0 Å². The molecule has 3 aromatic rings. The van der Waals surface area contributed by atoms with Gasteiger partial charge in [0.05, 0.1) is 5.56 Å². The minimum absolute atomic E-state index is 0.0310. The molecule has 8 heteroatoms. The SMILES string of the molecule is CC(C)C[C@H](NCCc1cccc(-c2cc(C(=O)c3ccc(F)cc3)c(N)[nH]c2=O)c1)C(=O)OC1CCCC1. The maximum absolute atomic E-state index is 13.3. The van der Waals surface area contributed by atoms with E-state index in [2.05, 4.69) is 24.1 Å². The van der Waals surface area contributed by atoms with Crippen LogP contribution in [0.3, 0.4) is 0 Å². The Labute approximate surface area is 228 Å². The van der Waals surface area contributed by atoms with Crippen LogP contribution in [-0.2, 0) is 16.0 Å². The van der Waals surface area contributed by atoms with Gasteiger partial charge in [-0.3, -0.25) is 14.4 Å². The van der Waals surface area contributed by atoms with E-state index in [-0.39, 0.29) is 35.1 Å². The largest absolute Gasteiger partial charge is 0.461 e. The molecule has 0 unspecified atom stereocenters. The molecule has 39 heavy (non-hydrogen) atoms. The quantitative estimate of drug-likeness (QED) is 0.235. The molecule has 1 saturated carbocycles. The molecule has 4 N–H and O–H groups in total. The van der Waals surface area contributed by atoms with Crippen LogP contribution in [0.1, 0.15) is 67.4 Å². The summed E-state index contributed by atoms with van der Waals surface area (Å²) >= 11 is 0. The van der Waals surface area contributed by atoms with Crippen LogP contribution < -0.4 is 16.6 Å². The van der Waals surface area contributed by atoms with Gasteiger partial charge in [-0.05, 0) is 92.4 Å². The molecule has 0 radical (unpaired) electrons. The minimum Gasteiger partial charge on any atom is -0.461 e. The van der Waals surface area contributed by atoms with Crippen LogP contribution in [-0.4, -0.2) is 35.4 Å². The van der Waals surface area contributed by atoms with Crippen molar-refractivity contribution in [3.05, 3.63) is 87.5 Å². The molecule has 4 rings (SSSR count). The Hall–Kier alpha value is -3.78. The zero-order valence-electron chi connectivity index (χ0n) is 22.5. The van der Waals surface area contributed by atoms with Crippen LogP contribution >= 0.6 is 0 Å². The maximum atomic E-state index is 13.3. The molecule has 1 fully saturated rings. The first-order chi connectivity index (χ1) is 18.7. The number of nitrogens with one attached hydrogen (secondary N) is 2. The second kappa shape index (κ2) is 12.8. The first kappa shape index (κ1) is 28.2. The summed E-state index contributed by atoms with van der Waals surface area (Å²) in [5.41, 5.74) is 7.88. The van der Waals surface area contributed by atoms with Gasteiger partial charge < -0.3 is 20.8 Å². The van der Waals surface area contributed by atoms with Crippen LogP contribution in [0.15, 0.2) is 59.4 Å². The van der Waals surface area contributed by atoms with E-state index in [1.807, 2.05) is 18.2 Å². The van der Waals surface area contributed by atoms with Gasteiger partial charge in [-0.15, -0.1) is 0 Å². The summed E-state index contributed by atoms with van der Waals surface area (Å²) in [5.74, 6) is -0.749. The Balaban J connectivity index is 1.47. The van der Waals surface area contributed by atoms with Crippen molar-refractivity contribution in [1.29, 1.82) is 0 Å². The predicted molar refractivity (Wildman–Crippen MR) is 150 cm³/mol. The molecule has 0 saturated heterocycles. The third-order valence-corrected chi connectivity index (χ3v) is 7.04. The number of pyridine rings is 1. The summed E-state index contributed by atoms with van der Waals surface area (Å²) in [6.07, 6.45) is 5.45. The zero-order valence-corrected chi connectivity index (χ0v) is 22.5. The molecule has 1 aliphatic carbocycles. The van der Waals surface area contributed by atoms with E-state index in [0.29, 0.717) is 36.4 Å². The van der Waals surface area contributed by atoms with Gasteiger partial charge in [-0.25, -0.2) is 4.39 Å². The molecule has 1 heterocycles. The number of ketones is 1. The summed E-state index contributed by atoms with van der Waals surface area (Å²) < 4.78 is 19.1. The number of carbonyl (C=O) groups is 2. The number of nitrogen functional groups attached to an aromatic ring is 1. The number of H-pyrrole nitrogens is 1. The number of ether oxygens (including phenoxy) is 1. The Morgan fingerprint density at radius 1 is 1.10 bits per heavy atom. The Morgan fingerprint density at radius 3 is 2.51 bits per heavy atom. The van der Waals surface area contributed by atoms with Crippen molar-refractivity contribution in [2.24, 2.45) is 5.92 Å². The van der Waals surface area contributed by atoms with Gasteiger partial charge in [0.15, 0.2) is 5.78 Å². The van der Waals surface area contributed by atoms with Crippen molar-refractivity contribution >= 4 is 17.6 Å². The van der Waals surface area contributed by atoms with E-state index in [4.69, 9.17) is 10.5 Å². The monoisotopic (exact) mass is 533 g/mol. The lowest BCUT2D eigenvalue weighted by molar-refractivity contribution is -0.151. The lowest BCUT2D eigenvalue weighted by atomic mass is 9.98. The lowest BCUT2D eigenvalue weighted by Gasteiger charge is -2.22. The van der Waals surface area contributed by atoms with Gasteiger partial charge in [0, 0.05) is 11.1 Å². The number of aromatic amines is 1. The van der Waals surface area contributed by atoms with E-state index >= 15 is 0 Å². The third kappa shape index (κ3) is 7.41. The van der Waals surface area contributed by atoms with Crippen molar-refractivity contribution < 1.29 is 18.7 Å². The van der Waals surface area contributed by atoms with Gasteiger partial charge in [0.2, 0.25) is 0 Å². The Morgan fingerprint density at radius 2 is 1.82 bits per heavy atom. The third-order valence-electron chi connectivity index (χ3n) is 7.04. The minimum atomic E-state index is -0.450. The molecule has 1 atom stereocenters. The highest BCUT2D eigenvalue weighted by Gasteiger charge is 2.26. The summed E-state index contributed by atoms with van der Waals surface area (Å²) in [5, 5.41) is 3.37. The van der Waals surface area contributed by atoms with E-state index in [1.54, 1.807) is 6.07 Å². The number of esters is 1. The average Bonchev–Trinajstić information content (AvgIpc) is 3.41. The molecule has 1 aromatic heterocycles. The molecule has 0 amide bonds. The average molecular weight is 534 g/mol. The Kier molecular flexibility index (Phi) is 9.30. The van der Waals surface area contributed by atoms with Crippen molar-refractivity contribution in [3.63, 3.8) is 0 Å². The molecular formula is C31H36FN3O4.